The number of aryl methyl sites for hydroxylation is 1. The molecule has 1 saturated heterocycles. The average Bonchev–Trinajstić information content (AvgIpc) is 3.39. The van der Waals surface area contributed by atoms with E-state index in [-0.39, 0.29) is 11.9 Å². The van der Waals surface area contributed by atoms with Crippen LogP contribution in [-0.4, -0.2) is 32.9 Å². The third-order valence-electron chi connectivity index (χ3n) is 5.27. The Morgan fingerprint density at radius 1 is 1.15 bits per heavy atom. The van der Waals surface area contributed by atoms with E-state index in [0.29, 0.717) is 12.3 Å². The van der Waals surface area contributed by atoms with Crippen LogP contribution >= 0.6 is 0 Å². The monoisotopic (exact) mass is 363 g/mol. The molecule has 0 N–H and O–H groups in total. The number of piperidine rings is 1. The second-order valence-corrected chi connectivity index (χ2v) is 7.17. The van der Waals surface area contributed by atoms with Gasteiger partial charge in [0.1, 0.15) is 5.76 Å². The molecule has 4 rings (SSSR count). The first-order valence-electron chi connectivity index (χ1n) is 9.69. The molecular formula is C22H25N3O2. The van der Waals surface area contributed by atoms with E-state index in [1.807, 2.05) is 27.8 Å². The van der Waals surface area contributed by atoms with Crippen LogP contribution in [0.3, 0.4) is 0 Å². The second kappa shape index (κ2) is 8.25. The number of amides is 1. The van der Waals surface area contributed by atoms with Gasteiger partial charge in [-0.15, -0.1) is 0 Å². The van der Waals surface area contributed by atoms with Gasteiger partial charge in [-0.3, -0.25) is 4.79 Å². The Hall–Kier alpha value is -2.82. The highest BCUT2D eigenvalue weighted by Crippen LogP contribution is 2.24. The van der Waals surface area contributed by atoms with Crippen LogP contribution in [0.15, 0.2) is 65.6 Å². The molecule has 0 unspecified atom stereocenters. The average molecular weight is 363 g/mol. The van der Waals surface area contributed by atoms with Gasteiger partial charge in [-0.05, 0) is 49.8 Å². The molecule has 1 amide bonds. The molecule has 1 aromatic carbocycles. The van der Waals surface area contributed by atoms with E-state index in [1.54, 1.807) is 18.6 Å². The SMILES string of the molecule is O=C(c1ccc(Cn2ccnc2)o1)N1CCCC[C@H]1CCc1ccccc1. The molecule has 1 aliphatic heterocycles. The van der Waals surface area contributed by atoms with Gasteiger partial charge in [0.2, 0.25) is 0 Å². The molecule has 5 nitrogen and oxygen atoms in total. The molecule has 27 heavy (non-hydrogen) atoms. The first-order chi connectivity index (χ1) is 13.3. The van der Waals surface area contributed by atoms with Crippen molar-refractivity contribution in [3.05, 3.63) is 78.3 Å². The summed E-state index contributed by atoms with van der Waals surface area (Å²) in [4.78, 5) is 19.1. The topological polar surface area (TPSA) is 51.3 Å². The quantitative estimate of drug-likeness (QED) is 0.661. The number of carbonyl (C=O) groups is 1. The van der Waals surface area contributed by atoms with Gasteiger partial charge >= 0.3 is 0 Å². The molecule has 1 atom stereocenters. The summed E-state index contributed by atoms with van der Waals surface area (Å²) in [6.45, 7) is 1.40. The van der Waals surface area contributed by atoms with Crippen molar-refractivity contribution < 1.29 is 9.21 Å². The Bertz CT molecular complexity index is 855. The number of likely N-dealkylation sites (tertiary alicyclic amines) is 1. The van der Waals surface area contributed by atoms with E-state index in [2.05, 4.69) is 29.2 Å². The molecular weight excluding hydrogens is 338 g/mol. The second-order valence-electron chi connectivity index (χ2n) is 7.17. The molecule has 3 heterocycles. The molecule has 0 aliphatic carbocycles. The number of benzene rings is 1. The molecule has 3 aromatic rings. The summed E-state index contributed by atoms with van der Waals surface area (Å²) in [7, 11) is 0. The highest BCUT2D eigenvalue weighted by Gasteiger charge is 2.29. The molecule has 2 aromatic heterocycles. The Kier molecular flexibility index (Phi) is 5.37. The lowest BCUT2D eigenvalue weighted by atomic mass is 9.95. The van der Waals surface area contributed by atoms with Crippen LogP contribution in [0.25, 0.3) is 0 Å². The molecule has 5 heteroatoms. The van der Waals surface area contributed by atoms with E-state index in [1.165, 1.54) is 12.0 Å². The van der Waals surface area contributed by atoms with Gasteiger partial charge in [-0.2, -0.15) is 0 Å². The van der Waals surface area contributed by atoms with E-state index >= 15 is 0 Å². The first kappa shape index (κ1) is 17.6. The number of imidazole rings is 1. The maximum absolute atomic E-state index is 13.1. The summed E-state index contributed by atoms with van der Waals surface area (Å²) in [6.07, 6.45) is 10.7. The maximum atomic E-state index is 13.1. The fourth-order valence-electron chi connectivity index (χ4n) is 3.83. The zero-order valence-corrected chi connectivity index (χ0v) is 15.5. The highest BCUT2D eigenvalue weighted by molar-refractivity contribution is 5.91. The fraction of sp³-hybridized carbons (Fsp3) is 0.364. The summed E-state index contributed by atoms with van der Waals surface area (Å²) in [5.74, 6) is 1.23. The van der Waals surface area contributed by atoms with Crippen molar-refractivity contribution >= 4 is 5.91 Å². The molecule has 0 spiro atoms. The van der Waals surface area contributed by atoms with Gasteiger partial charge in [0, 0.05) is 25.0 Å². The van der Waals surface area contributed by atoms with Crippen molar-refractivity contribution in [2.24, 2.45) is 0 Å². The summed E-state index contributed by atoms with van der Waals surface area (Å²) < 4.78 is 7.77. The molecule has 0 radical (unpaired) electrons. The number of hydrogen-bond acceptors (Lipinski definition) is 3. The summed E-state index contributed by atoms with van der Waals surface area (Å²) in [5.41, 5.74) is 1.33. The summed E-state index contributed by atoms with van der Waals surface area (Å²) in [6, 6.07) is 14.5. The Morgan fingerprint density at radius 2 is 2.04 bits per heavy atom. The Balaban J connectivity index is 1.42. The van der Waals surface area contributed by atoms with Gasteiger partial charge in [0.15, 0.2) is 5.76 Å². The smallest absolute Gasteiger partial charge is 0.289 e. The van der Waals surface area contributed by atoms with E-state index in [0.717, 1.165) is 38.0 Å². The number of nitrogens with zero attached hydrogens (tertiary/aromatic N) is 3. The first-order valence-corrected chi connectivity index (χ1v) is 9.69. The molecule has 140 valence electrons. The van der Waals surface area contributed by atoms with E-state index in [4.69, 9.17) is 4.42 Å². The molecule has 1 aliphatic rings. The lowest BCUT2D eigenvalue weighted by molar-refractivity contribution is 0.0567. The van der Waals surface area contributed by atoms with Crippen LogP contribution in [0.5, 0.6) is 0 Å². The minimum absolute atomic E-state index is 0.0182. The number of furan rings is 1. The van der Waals surface area contributed by atoms with Crippen LogP contribution in [0.4, 0.5) is 0 Å². The summed E-state index contributed by atoms with van der Waals surface area (Å²) in [5, 5.41) is 0. The molecule has 1 fully saturated rings. The Labute approximate surface area is 159 Å². The molecule has 0 bridgehead atoms. The van der Waals surface area contributed by atoms with Crippen LogP contribution in [0.2, 0.25) is 0 Å². The van der Waals surface area contributed by atoms with Crippen molar-refractivity contribution in [3.63, 3.8) is 0 Å². The zero-order valence-electron chi connectivity index (χ0n) is 15.5. The summed E-state index contributed by atoms with van der Waals surface area (Å²) >= 11 is 0. The van der Waals surface area contributed by atoms with Crippen molar-refractivity contribution in [2.75, 3.05) is 6.54 Å². The predicted octanol–water partition coefficient (Wildman–Crippen LogP) is 4.15. The van der Waals surface area contributed by atoms with Gasteiger partial charge < -0.3 is 13.9 Å². The van der Waals surface area contributed by atoms with Crippen LogP contribution < -0.4 is 0 Å². The van der Waals surface area contributed by atoms with Crippen LogP contribution in [0.1, 0.15) is 47.6 Å². The van der Waals surface area contributed by atoms with Crippen LogP contribution in [-0.2, 0) is 13.0 Å². The normalized spacial score (nSPS) is 17.2. The minimum Gasteiger partial charge on any atom is -0.454 e. The number of hydrogen-bond donors (Lipinski definition) is 0. The minimum atomic E-state index is 0.0182. The number of carbonyl (C=O) groups excluding carboxylic acids is 1. The van der Waals surface area contributed by atoms with Crippen LogP contribution in [0, 0.1) is 0 Å². The van der Waals surface area contributed by atoms with Crippen molar-refractivity contribution in [1.82, 2.24) is 14.5 Å². The van der Waals surface area contributed by atoms with Crippen molar-refractivity contribution in [3.8, 4) is 0 Å². The van der Waals surface area contributed by atoms with Gasteiger partial charge in [-0.1, -0.05) is 30.3 Å². The van der Waals surface area contributed by atoms with Gasteiger partial charge in [0.05, 0.1) is 12.9 Å². The number of aromatic nitrogens is 2. The largest absolute Gasteiger partial charge is 0.454 e. The molecule has 0 saturated carbocycles. The maximum Gasteiger partial charge on any atom is 0.289 e. The lowest BCUT2D eigenvalue weighted by Gasteiger charge is -2.35. The van der Waals surface area contributed by atoms with E-state index < -0.39 is 0 Å². The highest BCUT2D eigenvalue weighted by atomic mass is 16.4. The zero-order chi connectivity index (χ0) is 18.5. The van der Waals surface area contributed by atoms with E-state index in [9.17, 15) is 4.79 Å². The standard InChI is InChI=1S/C22H25N3O2/c26-22(21-12-11-20(27-21)16-24-15-13-23-17-24)25-14-5-4-8-19(25)10-9-18-6-2-1-3-7-18/h1-3,6-7,11-13,15,17,19H,4-5,8-10,14,16H2/t19-/m0/s1. The van der Waals surface area contributed by atoms with Crippen molar-refractivity contribution in [1.29, 1.82) is 0 Å². The Morgan fingerprint density at radius 3 is 2.85 bits per heavy atom. The third kappa shape index (κ3) is 4.30. The predicted molar refractivity (Wildman–Crippen MR) is 103 cm³/mol. The van der Waals surface area contributed by atoms with Gasteiger partial charge in [-0.25, -0.2) is 4.98 Å². The fourth-order valence-corrected chi connectivity index (χ4v) is 3.83. The van der Waals surface area contributed by atoms with Gasteiger partial charge in [0.25, 0.3) is 5.91 Å². The lowest BCUT2D eigenvalue weighted by Crippen LogP contribution is -2.43. The number of rotatable bonds is 6. The van der Waals surface area contributed by atoms with Crippen molar-refractivity contribution in [2.45, 2.75) is 44.7 Å². The third-order valence-corrected chi connectivity index (χ3v) is 5.27.